The van der Waals surface area contributed by atoms with Crippen LogP contribution >= 0.6 is 0 Å². The maximum absolute atomic E-state index is 13.2. The largest absolute Gasteiger partial charge is 0.508 e. The number of aliphatic hydroxyl groups is 4. The monoisotopic (exact) mass is 464 g/mol. The molecule has 1 fully saturated rings. The van der Waals surface area contributed by atoms with Gasteiger partial charge in [-0.15, -0.1) is 0 Å². The molecule has 1 aliphatic rings. The van der Waals surface area contributed by atoms with E-state index in [2.05, 4.69) is 0 Å². The molecule has 4 rings (SSSR count). The summed E-state index contributed by atoms with van der Waals surface area (Å²) in [5, 5.41) is 78.1. The molecule has 2 heterocycles. The molecule has 0 spiro atoms. The van der Waals surface area contributed by atoms with Crippen LogP contribution in [0.2, 0.25) is 0 Å². The highest BCUT2D eigenvalue weighted by molar-refractivity contribution is 5.91. The quantitative estimate of drug-likeness (QED) is 0.229. The molecule has 12 nitrogen and oxygen atoms in total. The summed E-state index contributed by atoms with van der Waals surface area (Å²) >= 11 is 0. The first kappa shape index (κ1) is 22.6. The molecule has 0 saturated carbocycles. The van der Waals surface area contributed by atoms with Crippen LogP contribution in [-0.2, 0) is 4.74 Å². The van der Waals surface area contributed by atoms with Crippen molar-refractivity contribution in [1.29, 1.82) is 0 Å². The molecule has 5 unspecified atom stereocenters. The van der Waals surface area contributed by atoms with E-state index in [9.17, 15) is 45.6 Å². The highest BCUT2D eigenvalue weighted by Gasteiger charge is 2.43. The third kappa shape index (κ3) is 3.90. The Hall–Kier alpha value is -3.55. The number of fused-ring (bicyclic) bond motifs is 1. The topological polar surface area (TPSA) is 211 Å². The normalized spacial score (nSPS) is 25.3. The fourth-order valence-electron chi connectivity index (χ4n) is 3.46. The summed E-state index contributed by atoms with van der Waals surface area (Å²) in [5.41, 5.74) is -1.00. The molecule has 1 aromatic heterocycles. The van der Waals surface area contributed by atoms with E-state index in [-0.39, 0.29) is 22.7 Å². The van der Waals surface area contributed by atoms with Gasteiger partial charge in [0.2, 0.25) is 16.9 Å². The van der Waals surface area contributed by atoms with Gasteiger partial charge in [0, 0.05) is 11.6 Å². The lowest BCUT2D eigenvalue weighted by atomic mass is 9.99. The Balaban J connectivity index is 1.81. The summed E-state index contributed by atoms with van der Waals surface area (Å²) in [4.78, 5) is 13.2. The van der Waals surface area contributed by atoms with Crippen molar-refractivity contribution in [3.63, 3.8) is 0 Å². The highest BCUT2D eigenvalue weighted by Crippen LogP contribution is 2.42. The molecule has 0 aliphatic carbocycles. The maximum Gasteiger partial charge on any atom is 0.239 e. The summed E-state index contributed by atoms with van der Waals surface area (Å²) < 4.78 is 16.2. The van der Waals surface area contributed by atoms with Gasteiger partial charge in [-0.05, 0) is 24.3 Å². The van der Waals surface area contributed by atoms with Crippen molar-refractivity contribution < 1.29 is 54.7 Å². The standard InChI is InChI=1S/C21H20O12/c22-8-3-1-7(2-4-8)19-20(31-6-11-14(25)17(28)18(29)21(30)33-11)16(27)12-10(32-19)5-9(23)13(24)15(12)26/h1-5,11,14,17-18,21-26,28-30H,6H2. The van der Waals surface area contributed by atoms with Gasteiger partial charge >= 0.3 is 0 Å². The van der Waals surface area contributed by atoms with E-state index in [1.54, 1.807) is 0 Å². The van der Waals surface area contributed by atoms with Crippen molar-refractivity contribution in [3.8, 4) is 40.1 Å². The van der Waals surface area contributed by atoms with Crippen molar-refractivity contribution >= 4 is 11.0 Å². The molecule has 3 aromatic rings. The summed E-state index contributed by atoms with van der Waals surface area (Å²) in [6, 6.07) is 6.31. The molecule has 0 amide bonds. The Morgan fingerprint density at radius 2 is 1.55 bits per heavy atom. The second-order valence-electron chi connectivity index (χ2n) is 7.45. The molecule has 176 valence electrons. The summed E-state index contributed by atoms with van der Waals surface area (Å²) in [5.74, 6) is -3.42. The van der Waals surface area contributed by atoms with Crippen molar-refractivity contribution in [1.82, 2.24) is 0 Å². The van der Waals surface area contributed by atoms with Gasteiger partial charge in [0.05, 0.1) is 0 Å². The van der Waals surface area contributed by atoms with Gasteiger partial charge in [-0.3, -0.25) is 4.79 Å². The van der Waals surface area contributed by atoms with Gasteiger partial charge in [-0.25, -0.2) is 0 Å². The van der Waals surface area contributed by atoms with Crippen LogP contribution in [-0.4, -0.2) is 78.2 Å². The molecule has 2 aromatic carbocycles. The van der Waals surface area contributed by atoms with Gasteiger partial charge in [-0.2, -0.15) is 0 Å². The van der Waals surface area contributed by atoms with Crippen LogP contribution in [0.5, 0.6) is 28.7 Å². The van der Waals surface area contributed by atoms with E-state index >= 15 is 0 Å². The lowest BCUT2D eigenvalue weighted by Crippen LogP contribution is -2.58. The zero-order chi connectivity index (χ0) is 24.0. The average molecular weight is 464 g/mol. The number of rotatable bonds is 4. The molecule has 33 heavy (non-hydrogen) atoms. The zero-order valence-corrected chi connectivity index (χ0v) is 16.7. The van der Waals surface area contributed by atoms with Crippen molar-refractivity contribution in [2.75, 3.05) is 6.61 Å². The van der Waals surface area contributed by atoms with Crippen LogP contribution in [0, 0.1) is 0 Å². The molecule has 5 atom stereocenters. The van der Waals surface area contributed by atoms with E-state index in [0.717, 1.165) is 6.07 Å². The summed E-state index contributed by atoms with van der Waals surface area (Å²) in [7, 11) is 0. The molecule has 1 saturated heterocycles. The fourth-order valence-corrected chi connectivity index (χ4v) is 3.46. The zero-order valence-electron chi connectivity index (χ0n) is 16.7. The molecule has 1 aliphatic heterocycles. The van der Waals surface area contributed by atoms with Crippen LogP contribution < -0.4 is 10.2 Å². The van der Waals surface area contributed by atoms with E-state index < -0.39 is 71.1 Å². The molecule has 12 heteroatoms. The van der Waals surface area contributed by atoms with Gasteiger partial charge in [-0.1, -0.05) is 0 Å². The van der Waals surface area contributed by atoms with Crippen LogP contribution in [0.3, 0.4) is 0 Å². The number of aromatic hydroxyl groups is 4. The number of benzene rings is 2. The molecule has 0 radical (unpaired) electrons. The first-order valence-electron chi connectivity index (χ1n) is 9.64. The van der Waals surface area contributed by atoms with Gasteiger partial charge in [0.15, 0.2) is 23.5 Å². The van der Waals surface area contributed by atoms with Gasteiger partial charge < -0.3 is 54.7 Å². The smallest absolute Gasteiger partial charge is 0.239 e. The van der Waals surface area contributed by atoms with E-state index in [4.69, 9.17) is 13.9 Å². The number of ether oxygens (including phenoxy) is 2. The molecule has 8 N–H and O–H groups in total. The Labute approximate surface area is 184 Å². The average Bonchev–Trinajstić information content (AvgIpc) is 2.78. The second kappa shape index (κ2) is 8.42. The van der Waals surface area contributed by atoms with Gasteiger partial charge in [0.1, 0.15) is 47.7 Å². The lowest BCUT2D eigenvalue weighted by molar-refractivity contribution is -0.285. The van der Waals surface area contributed by atoms with E-state index in [0.29, 0.717) is 0 Å². The third-order valence-electron chi connectivity index (χ3n) is 5.28. The number of phenolic OH excluding ortho intramolecular Hbond substituents is 4. The Bertz CT molecular complexity index is 1230. The molecule has 0 bridgehead atoms. The predicted molar refractivity (Wildman–Crippen MR) is 109 cm³/mol. The van der Waals surface area contributed by atoms with Crippen LogP contribution in [0.25, 0.3) is 22.3 Å². The number of hydrogen-bond acceptors (Lipinski definition) is 12. The number of hydrogen-bond donors (Lipinski definition) is 8. The van der Waals surface area contributed by atoms with Crippen molar-refractivity contribution in [2.24, 2.45) is 0 Å². The Morgan fingerprint density at radius 1 is 0.879 bits per heavy atom. The number of phenols is 4. The van der Waals surface area contributed by atoms with Crippen LogP contribution in [0.15, 0.2) is 39.5 Å². The van der Waals surface area contributed by atoms with Crippen LogP contribution in [0.4, 0.5) is 0 Å². The van der Waals surface area contributed by atoms with Crippen molar-refractivity contribution in [3.05, 3.63) is 40.6 Å². The Morgan fingerprint density at radius 3 is 2.21 bits per heavy atom. The van der Waals surface area contributed by atoms with E-state index in [1.165, 1.54) is 24.3 Å². The molecular formula is C21H20O12. The van der Waals surface area contributed by atoms with Gasteiger partial charge in [0.25, 0.3) is 0 Å². The SMILES string of the molecule is O=c1c(OCC2OC(O)C(O)C(O)C2O)c(-c2ccc(O)cc2)oc2cc(O)c(O)c(O)c12. The first-order valence-corrected chi connectivity index (χ1v) is 9.64. The highest BCUT2D eigenvalue weighted by atomic mass is 16.6. The van der Waals surface area contributed by atoms with Crippen LogP contribution in [0.1, 0.15) is 0 Å². The summed E-state index contributed by atoms with van der Waals surface area (Å²) in [6.07, 6.45) is -8.39. The first-order chi connectivity index (χ1) is 15.6. The second-order valence-corrected chi connectivity index (χ2v) is 7.45. The molecular weight excluding hydrogens is 444 g/mol. The fraction of sp³-hybridized carbons (Fsp3) is 0.286. The van der Waals surface area contributed by atoms with E-state index in [1.807, 2.05) is 0 Å². The minimum atomic E-state index is -1.83. The van der Waals surface area contributed by atoms with Crippen molar-refractivity contribution in [2.45, 2.75) is 30.7 Å². The minimum absolute atomic E-state index is 0.0789. The Kier molecular flexibility index (Phi) is 5.78. The maximum atomic E-state index is 13.2. The lowest BCUT2D eigenvalue weighted by Gasteiger charge is -2.38. The predicted octanol–water partition coefficient (Wildman–Crippen LogP) is -0.539. The minimum Gasteiger partial charge on any atom is -0.508 e. The summed E-state index contributed by atoms with van der Waals surface area (Å²) in [6.45, 7) is -0.603. The third-order valence-corrected chi connectivity index (χ3v) is 5.28. The number of aliphatic hydroxyl groups excluding tert-OH is 4.